The van der Waals surface area contributed by atoms with Crippen LogP contribution in [0.2, 0.25) is 0 Å². The number of hydrogen-bond acceptors (Lipinski definition) is 6. The Labute approximate surface area is 256 Å². The van der Waals surface area contributed by atoms with Gasteiger partial charge in [0, 0.05) is 18.9 Å². The molecule has 6 nitrogen and oxygen atoms in total. The van der Waals surface area contributed by atoms with Gasteiger partial charge in [-0.15, -0.1) is 0 Å². The lowest BCUT2D eigenvalue weighted by Crippen LogP contribution is -2.29. The van der Waals surface area contributed by atoms with Gasteiger partial charge in [0.25, 0.3) is 0 Å². The summed E-state index contributed by atoms with van der Waals surface area (Å²) < 4.78 is 17.5. The highest BCUT2D eigenvalue weighted by Crippen LogP contribution is 2.39. The number of carbonyl (C=O) groups is 2. The van der Waals surface area contributed by atoms with E-state index in [1.54, 1.807) is 0 Å². The quantitative estimate of drug-likeness (QED) is 0.174. The highest BCUT2D eigenvalue weighted by atomic mass is 16.5. The predicted octanol–water partition coefficient (Wildman–Crippen LogP) is 7.63. The van der Waals surface area contributed by atoms with E-state index in [0.717, 1.165) is 48.8 Å². The van der Waals surface area contributed by atoms with Gasteiger partial charge in [0.05, 0.1) is 24.9 Å². The van der Waals surface area contributed by atoms with Crippen molar-refractivity contribution in [1.29, 1.82) is 0 Å². The second-order valence-corrected chi connectivity index (χ2v) is 11.9. The molecule has 0 aromatic heterocycles. The van der Waals surface area contributed by atoms with Crippen LogP contribution in [0.1, 0.15) is 74.7 Å². The first-order valence-electron chi connectivity index (χ1n) is 15.7. The number of benzene rings is 3. The zero-order valence-corrected chi connectivity index (χ0v) is 25.5. The molecule has 1 aliphatic rings. The number of ether oxygens (including phenoxy) is 3. The van der Waals surface area contributed by atoms with Crippen LogP contribution in [0.3, 0.4) is 0 Å². The summed E-state index contributed by atoms with van der Waals surface area (Å²) in [5, 5.41) is 10.0. The molecular formula is C37H46O6. The van der Waals surface area contributed by atoms with Crippen LogP contribution in [0.4, 0.5) is 0 Å². The molecule has 230 valence electrons. The van der Waals surface area contributed by atoms with Crippen molar-refractivity contribution in [2.75, 3.05) is 13.2 Å². The van der Waals surface area contributed by atoms with Gasteiger partial charge in [-0.25, -0.2) is 4.79 Å². The predicted molar refractivity (Wildman–Crippen MR) is 168 cm³/mol. The molecule has 0 amide bonds. The maximum absolute atomic E-state index is 13.2. The number of aliphatic hydroxyl groups is 1. The maximum Gasteiger partial charge on any atom is 0.338 e. The van der Waals surface area contributed by atoms with Crippen LogP contribution < -0.4 is 0 Å². The number of rotatable bonds is 16. The molecule has 0 aliphatic heterocycles. The molecule has 1 fully saturated rings. The normalized spacial score (nSPS) is 18.8. The molecule has 4 rings (SSSR count). The molecule has 1 aliphatic carbocycles. The van der Waals surface area contributed by atoms with E-state index in [0.29, 0.717) is 37.5 Å². The van der Waals surface area contributed by atoms with E-state index in [1.807, 2.05) is 98.8 Å². The molecule has 0 unspecified atom stereocenters. The van der Waals surface area contributed by atoms with Crippen molar-refractivity contribution in [2.24, 2.45) is 17.8 Å². The van der Waals surface area contributed by atoms with E-state index in [2.05, 4.69) is 0 Å². The highest BCUT2D eigenvalue weighted by molar-refractivity contribution is 5.90. The number of hydrogen-bond donors (Lipinski definition) is 1. The van der Waals surface area contributed by atoms with Crippen LogP contribution in [0, 0.1) is 17.8 Å². The average molecular weight is 587 g/mol. The van der Waals surface area contributed by atoms with E-state index in [4.69, 9.17) is 14.2 Å². The van der Waals surface area contributed by atoms with E-state index < -0.39 is 0 Å². The van der Waals surface area contributed by atoms with Gasteiger partial charge in [-0.1, -0.05) is 72.8 Å². The van der Waals surface area contributed by atoms with Crippen LogP contribution in [0.5, 0.6) is 0 Å². The number of esters is 2. The minimum atomic E-state index is -0.306. The van der Waals surface area contributed by atoms with Gasteiger partial charge in [0.1, 0.15) is 6.10 Å². The molecule has 43 heavy (non-hydrogen) atoms. The lowest BCUT2D eigenvalue weighted by molar-refractivity contribution is -0.147. The lowest BCUT2D eigenvalue weighted by Gasteiger charge is -2.26. The monoisotopic (exact) mass is 586 g/mol. The van der Waals surface area contributed by atoms with E-state index >= 15 is 0 Å². The lowest BCUT2D eigenvalue weighted by atomic mass is 9.86. The molecule has 4 atom stereocenters. The first-order chi connectivity index (χ1) is 20.9. The SMILES string of the molecule is CC(C)OC(=O)CCC[C@H](CO)CC[C@H]1CC[C@@H](OC(=O)c2ccc(-c3ccccc3)cc2)[C@@H]1COCc1ccccc1. The minimum absolute atomic E-state index is 0.0802. The van der Waals surface area contributed by atoms with E-state index in [1.165, 1.54) is 0 Å². The fraction of sp³-hybridized carbons (Fsp3) is 0.459. The Morgan fingerprint density at radius 3 is 2.21 bits per heavy atom. The van der Waals surface area contributed by atoms with Crippen molar-refractivity contribution < 1.29 is 28.9 Å². The average Bonchev–Trinajstić information content (AvgIpc) is 3.40. The Morgan fingerprint density at radius 1 is 0.860 bits per heavy atom. The van der Waals surface area contributed by atoms with Gasteiger partial charge in [-0.05, 0) is 93.0 Å². The summed E-state index contributed by atoms with van der Waals surface area (Å²) in [6, 6.07) is 27.8. The van der Waals surface area contributed by atoms with Crippen LogP contribution in [-0.4, -0.2) is 42.5 Å². The van der Waals surface area contributed by atoms with Crippen LogP contribution >= 0.6 is 0 Å². The second kappa shape index (κ2) is 17.0. The molecule has 0 radical (unpaired) electrons. The molecule has 1 saturated carbocycles. The number of aliphatic hydroxyl groups excluding tert-OH is 1. The van der Waals surface area contributed by atoms with Crippen LogP contribution in [0.25, 0.3) is 11.1 Å². The summed E-state index contributed by atoms with van der Waals surface area (Å²) in [7, 11) is 0. The summed E-state index contributed by atoms with van der Waals surface area (Å²) in [6.07, 6.45) is 5.04. The Morgan fingerprint density at radius 2 is 1.53 bits per heavy atom. The van der Waals surface area contributed by atoms with Crippen molar-refractivity contribution in [3.63, 3.8) is 0 Å². The topological polar surface area (TPSA) is 82.1 Å². The largest absolute Gasteiger partial charge is 0.463 e. The van der Waals surface area contributed by atoms with E-state index in [-0.39, 0.29) is 42.6 Å². The van der Waals surface area contributed by atoms with Crippen LogP contribution in [0.15, 0.2) is 84.9 Å². The molecule has 0 heterocycles. The van der Waals surface area contributed by atoms with Crippen molar-refractivity contribution in [2.45, 2.75) is 77.6 Å². The summed E-state index contributed by atoms with van der Waals surface area (Å²) in [5.74, 6) is 0.0467. The molecule has 0 bridgehead atoms. The van der Waals surface area contributed by atoms with Crippen molar-refractivity contribution >= 4 is 11.9 Å². The van der Waals surface area contributed by atoms with Crippen molar-refractivity contribution in [3.8, 4) is 11.1 Å². The third kappa shape index (κ3) is 10.3. The molecule has 1 N–H and O–H groups in total. The third-order valence-electron chi connectivity index (χ3n) is 8.38. The minimum Gasteiger partial charge on any atom is -0.463 e. The molecular weight excluding hydrogens is 540 g/mol. The van der Waals surface area contributed by atoms with Crippen LogP contribution in [-0.2, 0) is 25.6 Å². The van der Waals surface area contributed by atoms with Gasteiger partial charge in [0.2, 0.25) is 0 Å². The first-order valence-corrected chi connectivity index (χ1v) is 15.7. The molecule has 0 spiro atoms. The Bertz CT molecular complexity index is 1240. The first kappa shape index (κ1) is 32.4. The zero-order chi connectivity index (χ0) is 30.4. The summed E-state index contributed by atoms with van der Waals surface area (Å²) in [5.41, 5.74) is 3.82. The summed E-state index contributed by atoms with van der Waals surface area (Å²) in [4.78, 5) is 25.1. The summed E-state index contributed by atoms with van der Waals surface area (Å²) in [6.45, 7) is 4.82. The highest BCUT2D eigenvalue weighted by Gasteiger charge is 2.39. The molecule has 0 saturated heterocycles. The van der Waals surface area contributed by atoms with Crippen molar-refractivity contribution in [3.05, 3.63) is 96.1 Å². The standard InChI is InChI=1S/C37H46O6/c1-27(2)42-36(39)15-9-12-28(24-38)16-17-32-22-23-35(34(32)26-41-25-29-10-5-3-6-11-29)43-37(40)33-20-18-31(19-21-33)30-13-7-4-8-14-30/h3-8,10-11,13-14,18-21,27-28,32,34-35,38H,9,12,15-17,22-26H2,1-2H3/t28-,32-,34+,35+/m0/s1. The van der Waals surface area contributed by atoms with Gasteiger partial charge < -0.3 is 19.3 Å². The fourth-order valence-electron chi connectivity index (χ4n) is 6.01. The Balaban J connectivity index is 1.34. The second-order valence-electron chi connectivity index (χ2n) is 11.9. The van der Waals surface area contributed by atoms with Gasteiger partial charge >= 0.3 is 11.9 Å². The van der Waals surface area contributed by atoms with Gasteiger partial charge in [-0.2, -0.15) is 0 Å². The van der Waals surface area contributed by atoms with Crippen molar-refractivity contribution in [1.82, 2.24) is 0 Å². The molecule has 3 aromatic rings. The Kier molecular flexibility index (Phi) is 12.8. The van der Waals surface area contributed by atoms with E-state index in [9.17, 15) is 14.7 Å². The fourth-order valence-corrected chi connectivity index (χ4v) is 6.01. The number of carbonyl (C=O) groups excluding carboxylic acids is 2. The van der Waals surface area contributed by atoms with Gasteiger partial charge in [0.15, 0.2) is 0 Å². The third-order valence-corrected chi connectivity index (χ3v) is 8.38. The molecule has 3 aromatic carbocycles. The molecule has 6 heteroatoms. The maximum atomic E-state index is 13.2. The van der Waals surface area contributed by atoms with Gasteiger partial charge in [-0.3, -0.25) is 4.79 Å². The Hall–Kier alpha value is -3.48. The zero-order valence-electron chi connectivity index (χ0n) is 25.5. The smallest absolute Gasteiger partial charge is 0.338 e. The summed E-state index contributed by atoms with van der Waals surface area (Å²) >= 11 is 0.